The van der Waals surface area contributed by atoms with Gasteiger partial charge in [-0.05, 0) is 73.5 Å². The normalized spacial score (nSPS) is 11.0. The van der Waals surface area contributed by atoms with Crippen LogP contribution in [0.3, 0.4) is 0 Å². The van der Waals surface area contributed by atoms with Crippen LogP contribution in [0.5, 0.6) is 0 Å². The van der Waals surface area contributed by atoms with Crippen molar-refractivity contribution < 1.29 is 9.18 Å². The molecule has 0 atom stereocenters. The quantitative estimate of drug-likeness (QED) is 0.498. The largest absolute Gasteiger partial charge is 0.378 e. The first kappa shape index (κ1) is 20.6. The van der Waals surface area contributed by atoms with E-state index in [1.807, 2.05) is 72.9 Å². The number of fused-ring (bicyclic) bond motifs is 1. The van der Waals surface area contributed by atoms with E-state index >= 15 is 0 Å². The first-order valence-corrected chi connectivity index (χ1v) is 10.1. The first-order valence-electron chi connectivity index (χ1n) is 10.1. The minimum absolute atomic E-state index is 0.138. The van der Waals surface area contributed by atoms with Crippen LogP contribution >= 0.6 is 0 Å². The Bertz CT molecular complexity index is 1260. The molecule has 0 spiro atoms. The smallest absolute Gasteiger partial charge is 0.230 e. The number of aryl methyl sites for hydroxylation is 2. The Morgan fingerprint density at radius 3 is 2.48 bits per heavy atom. The maximum Gasteiger partial charge on any atom is 0.230 e. The minimum atomic E-state index is -0.260. The van der Waals surface area contributed by atoms with Gasteiger partial charge in [-0.3, -0.25) is 4.79 Å². The third-order valence-electron chi connectivity index (χ3n) is 5.29. The van der Waals surface area contributed by atoms with Crippen molar-refractivity contribution in [2.24, 2.45) is 0 Å². The highest BCUT2D eigenvalue weighted by Gasteiger charge is 2.18. The number of hydrogen-bond acceptors (Lipinski definition) is 3. The summed E-state index contributed by atoms with van der Waals surface area (Å²) in [5, 5.41) is 2.97. The molecule has 31 heavy (non-hydrogen) atoms. The number of carbonyl (C=O) groups excluding carboxylic acids is 1. The fourth-order valence-corrected chi connectivity index (χ4v) is 3.59. The van der Waals surface area contributed by atoms with Crippen LogP contribution < -0.4 is 10.2 Å². The first-order chi connectivity index (χ1) is 14.8. The Labute approximate surface area is 181 Å². The van der Waals surface area contributed by atoms with E-state index in [2.05, 4.69) is 5.32 Å². The maximum absolute atomic E-state index is 13.8. The highest BCUT2D eigenvalue weighted by atomic mass is 19.1. The van der Waals surface area contributed by atoms with Crippen LogP contribution in [0.4, 0.5) is 15.8 Å². The number of aromatic nitrogens is 2. The van der Waals surface area contributed by atoms with Gasteiger partial charge in [-0.25, -0.2) is 9.37 Å². The topological polar surface area (TPSA) is 49.6 Å². The van der Waals surface area contributed by atoms with Gasteiger partial charge in [0.25, 0.3) is 0 Å². The van der Waals surface area contributed by atoms with E-state index in [-0.39, 0.29) is 18.1 Å². The van der Waals surface area contributed by atoms with Crippen molar-refractivity contribution in [1.82, 2.24) is 9.38 Å². The molecule has 0 saturated heterocycles. The number of nitrogens with one attached hydrogen (secondary N) is 1. The van der Waals surface area contributed by atoms with E-state index in [1.54, 1.807) is 19.1 Å². The molecule has 4 aromatic rings. The Balaban J connectivity index is 1.69. The molecule has 158 valence electrons. The fourth-order valence-electron chi connectivity index (χ4n) is 3.59. The van der Waals surface area contributed by atoms with Crippen molar-refractivity contribution >= 4 is 22.9 Å². The molecule has 4 rings (SSSR count). The average Bonchev–Trinajstić information content (AvgIpc) is 3.08. The molecular weight excluding hydrogens is 391 g/mol. The highest BCUT2D eigenvalue weighted by molar-refractivity contribution is 5.93. The summed E-state index contributed by atoms with van der Waals surface area (Å²) in [5.74, 6) is -0.398. The lowest BCUT2D eigenvalue weighted by atomic mass is 10.1. The van der Waals surface area contributed by atoms with Gasteiger partial charge in [0.15, 0.2) is 0 Å². The zero-order valence-electron chi connectivity index (χ0n) is 18.1. The molecule has 0 fully saturated rings. The average molecular weight is 417 g/mol. The molecule has 0 unspecified atom stereocenters. The molecule has 1 N–H and O–H groups in total. The van der Waals surface area contributed by atoms with Gasteiger partial charge in [0, 0.05) is 37.2 Å². The summed E-state index contributed by atoms with van der Waals surface area (Å²) in [5.41, 5.74) is 6.40. The number of rotatable bonds is 5. The Kier molecular flexibility index (Phi) is 5.46. The van der Waals surface area contributed by atoms with Crippen LogP contribution in [-0.2, 0) is 11.2 Å². The van der Waals surface area contributed by atoms with Gasteiger partial charge in [0.1, 0.15) is 11.5 Å². The third kappa shape index (κ3) is 4.28. The van der Waals surface area contributed by atoms with Crippen molar-refractivity contribution in [3.63, 3.8) is 0 Å². The minimum Gasteiger partial charge on any atom is -0.378 e. The van der Waals surface area contributed by atoms with Gasteiger partial charge in [-0.15, -0.1) is 0 Å². The van der Waals surface area contributed by atoms with Crippen LogP contribution in [0, 0.1) is 19.7 Å². The van der Waals surface area contributed by atoms with Crippen LogP contribution in [0.15, 0.2) is 60.8 Å². The predicted molar refractivity (Wildman–Crippen MR) is 123 cm³/mol. The summed E-state index contributed by atoms with van der Waals surface area (Å²) in [7, 11) is 3.94. The number of pyridine rings is 1. The van der Waals surface area contributed by atoms with E-state index in [1.165, 1.54) is 6.07 Å². The summed E-state index contributed by atoms with van der Waals surface area (Å²) < 4.78 is 15.8. The summed E-state index contributed by atoms with van der Waals surface area (Å²) >= 11 is 0. The maximum atomic E-state index is 13.8. The molecule has 0 saturated carbocycles. The Morgan fingerprint density at radius 2 is 1.81 bits per heavy atom. The third-order valence-corrected chi connectivity index (χ3v) is 5.29. The molecule has 6 heteroatoms. The van der Waals surface area contributed by atoms with Crippen LogP contribution in [0.2, 0.25) is 0 Å². The predicted octanol–water partition coefficient (Wildman–Crippen LogP) is 5.00. The molecule has 5 nitrogen and oxygen atoms in total. The number of nitrogens with zero attached hydrogens (tertiary/aromatic N) is 3. The summed E-state index contributed by atoms with van der Waals surface area (Å²) in [6.07, 6.45) is 2.11. The highest BCUT2D eigenvalue weighted by Crippen LogP contribution is 2.27. The molecule has 2 aromatic carbocycles. The molecule has 0 radical (unpaired) electrons. The second-order valence-corrected chi connectivity index (χ2v) is 7.97. The van der Waals surface area contributed by atoms with Crippen LogP contribution in [0.1, 0.15) is 16.8 Å². The van der Waals surface area contributed by atoms with E-state index in [4.69, 9.17) is 4.98 Å². The number of benzene rings is 2. The van der Waals surface area contributed by atoms with Gasteiger partial charge in [0.05, 0.1) is 17.8 Å². The zero-order chi connectivity index (χ0) is 22.1. The molecule has 0 aliphatic carbocycles. The van der Waals surface area contributed by atoms with Crippen molar-refractivity contribution in [2.75, 3.05) is 24.3 Å². The molecule has 0 aliphatic heterocycles. The second kappa shape index (κ2) is 8.22. The molecule has 0 aliphatic rings. The Hall–Kier alpha value is -3.67. The van der Waals surface area contributed by atoms with Crippen molar-refractivity contribution in [3.05, 3.63) is 83.4 Å². The van der Waals surface area contributed by atoms with Gasteiger partial charge in [0.2, 0.25) is 5.91 Å². The molecule has 0 bridgehead atoms. The number of anilines is 2. The van der Waals surface area contributed by atoms with Crippen LogP contribution in [-0.4, -0.2) is 29.4 Å². The Morgan fingerprint density at radius 1 is 1.06 bits per heavy atom. The number of hydrogen-bond donors (Lipinski definition) is 1. The lowest BCUT2D eigenvalue weighted by molar-refractivity contribution is -0.115. The van der Waals surface area contributed by atoms with Crippen molar-refractivity contribution in [1.29, 1.82) is 0 Å². The van der Waals surface area contributed by atoms with Gasteiger partial charge in [-0.2, -0.15) is 0 Å². The van der Waals surface area contributed by atoms with E-state index in [0.717, 1.165) is 33.8 Å². The van der Waals surface area contributed by atoms with E-state index in [0.29, 0.717) is 11.3 Å². The number of halogens is 1. The van der Waals surface area contributed by atoms with E-state index < -0.39 is 0 Å². The summed E-state index contributed by atoms with van der Waals surface area (Å²) in [6.45, 7) is 3.72. The molecule has 2 heterocycles. The fraction of sp³-hybridized carbons (Fsp3) is 0.200. The summed E-state index contributed by atoms with van der Waals surface area (Å²) in [6, 6.07) is 16.5. The number of imidazole rings is 1. The zero-order valence-corrected chi connectivity index (χ0v) is 18.1. The molecular formula is C25H25FN4O. The molecule has 2 aromatic heterocycles. The lowest BCUT2D eigenvalue weighted by Gasteiger charge is -2.13. The van der Waals surface area contributed by atoms with Gasteiger partial charge < -0.3 is 14.6 Å². The van der Waals surface area contributed by atoms with Gasteiger partial charge >= 0.3 is 0 Å². The number of amides is 1. The van der Waals surface area contributed by atoms with E-state index in [9.17, 15) is 9.18 Å². The van der Waals surface area contributed by atoms with Crippen molar-refractivity contribution in [3.8, 4) is 11.3 Å². The SMILES string of the molecule is Cc1ccc2nc(-c3ccc(F)c(C)c3)c(CC(=O)Nc3ccc(N(C)C)cc3)n2c1. The molecule has 1 amide bonds. The second-order valence-electron chi connectivity index (χ2n) is 7.97. The number of carbonyl (C=O) groups is 1. The van der Waals surface area contributed by atoms with Crippen LogP contribution in [0.25, 0.3) is 16.9 Å². The monoisotopic (exact) mass is 416 g/mol. The van der Waals surface area contributed by atoms with Crippen molar-refractivity contribution in [2.45, 2.75) is 20.3 Å². The lowest BCUT2D eigenvalue weighted by Crippen LogP contribution is -2.16. The standard InChI is InChI=1S/C25H25FN4O/c1-16-5-12-23-28-25(18-6-11-21(26)17(2)13-18)22(30(23)15-16)14-24(31)27-19-7-9-20(10-8-19)29(3)4/h5-13,15H,14H2,1-4H3,(H,27,31). The van der Waals surface area contributed by atoms with Gasteiger partial charge in [-0.1, -0.05) is 6.07 Å². The summed E-state index contributed by atoms with van der Waals surface area (Å²) in [4.78, 5) is 19.7.